The van der Waals surface area contributed by atoms with E-state index in [0.717, 1.165) is 0 Å². The summed E-state index contributed by atoms with van der Waals surface area (Å²) in [7, 11) is 0. The van der Waals surface area contributed by atoms with E-state index in [1.807, 2.05) is 5.10 Å². The van der Waals surface area contributed by atoms with Gasteiger partial charge < -0.3 is 10.4 Å². The van der Waals surface area contributed by atoms with Crippen LogP contribution in [-0.4, -0.2) is 33.4 Å². The number of aromatic nitrogens is 2. The Morgan fingerprint density at radius 2 is 1.81 bits per heavy atom. The van der Waals surface area contributed by atoms with Gasteiger partial charge in [-0.15, -0.1) is 0 Å². The van der Waals surface area contributed by atoms with E-state index in [9.17, 15) is 27.6 Å². The molecule has 1 rings (SSSR count). The third kappa shape index (κ3) is 2.21. The van der Waals surface area contributed by atoms with Gasteiger partial charge in [-0.05, 0) is 0 Å². The van der Waals surface area contributed by atoms with E-state index in [-0.39, 0.29) is 0 Å². The number of aromatic amines is 2. The van der Waals surface area contributed by atoms with Crippen molar-refractivity contribution in [2.45, 2.75) is 6.18 Å². The predicted octanol–water partition coefficient (Wildman–Crippen LogP) is -0.0980. The molecule has 0 aliphatic carbocycles. The van der Waals surface area contributed by atoms with Crippen LogP contribution in [0.3, 0.4) is 0 Å². The first kappa shape index (κ1) is 11.8. The average Bonchev–Trinajstić information content (AvgIpc) is 2.45. The SMILES string of the molecule is O=C(O)c1c(NC(=O)C(F)(F)F)[nH][nH]c1=O. The molecule has 1 amide bonds. The lowest BCUT2D eigenvalue weighted by Crippen LogP contribution is -2.31. The normalized spacial score (nSPS) is 11.2. The van der Waals surface area contributed by atoms with Gasteiger partial charge in [0, 0.05) is 0 Å². The quantitative estimate of drug-likeness (QED) is 0.576. The van der Waals surface area contributed by atoms with Crippen LogP contribution in [0.5, 0.6) is 0 Å². The highest BCUT2D eigenvalue weighted by molar-refractivity contribution is 6.00. The lowest BCUT2D eigenvalue weighted by molar-refractivity contribution is -0.167. The molecule has 1 aromatic heterocycles. The summed E-state index contributed by atoms with van der Waals surface area (Å²) in [5.74, 6) is -5.00. The number of aromatic carboxylic acids is 1. The van der Waals surface area contributed by atoms with E-state index in [4.69, 9.17) is 5.11 Å². The highest BCUT2D eigenvalue weighted by atomic mass is 19.4. The zero-order valence-electron chi connectivity index (χ0n) is 7.31. The summed E-state index contributed by atoms with van der Waals surface area (Å²) in [5, 5.41) is 13.2. The molecule has 16 heavy (non-hydrogen) atoms. The molecule has 0 aliphatic rings. The molecule has 88 valence electrons. The molecule has 1 aromatic rings. The molecule has 7 nitrogen and oxygen atoms in total. The number of nitrogens with one attached hydrogen (secondary N) is 3. The number of rotatable bonds is 2. The van der Waals surface area contributed by atoms with Crippen LogP contribution >= 0.6 is 0 Å². The van der Waals surface area contributed by atoms with Crippen LogP contribution in [0.15, 0.2) is 4.79 Å². The molecule has 0 bridgehead atoms. The predicted molar refractivity (Wildman–Crippen MR) is 43.1 cm³/mol. The first-order valence-electron chi connectivity index (χ1n) is 3.65. The van der Waals surface area contributed by atoms with E-state index < -0.39 is 35.0 Å². The first-order chi connectivity index (χ1) is 7.23. The van der Waals surface area contributed by atoms with E-state index in [1.165, 1.54) is 5.32 Å². The van der Waals surface area contributed by atoms with E-state index in [2.05, 4.69) is 0 Å². The average molecular weight is 239 g/mol. The number of carboxylic acid groups (broad SMARTS) is 1. The number of carbonyl (C=O) groups is 2. The molecule has 0 saturated carbocycles. The maximum atomic E-state index is 11.8. The van der Waals surface area contributed by atoms with Crippen LogP contribution in [-0.2, 0) is 4.79 Å². The first-order valence-corrected chi connectivity index (χ1v) is 3.65. The Morgan fingerprint density at radius 1 is 1.25 bits per heavy atom. The summed E-state index contributed by atoms with van der Waals surface area (Å²) in [6.07, 6.45) is -5.18. The van der Waals surface area contributed by atoms with Crippen LogP contribution in [0.4, 0.5) is 19.0 Å². The lowest BCUT2D eigenvalue weighted by atomic mass is 10.3. The molecule has 0 fully saturated rings. The minimum atomic E-state index is -5.18. The second-order valence-electron chi connectivity index (χ2n) is 2.59. The third-order valence-corrected chi connectivity index (χ3v) is 1.49. The van der Waals surface area contributed by atoms with Crippen molar-refractivity contribution in [1.29, 1.82) is 0 Å². The standard InChI is InChI=1S/C6H4F3N3O4/c7-6(8,9)5(16)10-2-1(4(14)15)3(13)12-11-2/h(H,14,15)(H3,10,11,12,13,16). The third-order valence-electron chi connectivity index (χ3n) is 1.49. The van der Waals surface area contributed by atoms with Crippen LogP contribution < -0.4 is 10.9 Å². The van der Waals surface area contributed by atoms with Gasteiger partial charge in [0.05, 0.1) is 0 Å². The molecule has 0 unspecified atom stereocenters. The molecule has 0 aliphatic heterocycles. The smallest absolute Gasteiger partial charge is 0.471 e. The number of carboxylic acids is 1. The van der Waals surface area contributed by atoms with Gasteiger partial charge in [0.15, 0.2) is 5.56 Å². The fourth-order valence-electron chi connectivity index (χ4n) is 0.840. The Hall–Kier alpha value is -2.26. The van der Waals surface area contributed by atoms with Gasteiger partial charge in [0.2, 0.25) is 0 Å². The summed E-state index contributed by atoms with van der Waals surface area (Å²) in [6.45, 7) is 0. The Morgan fingerprint density at radius 3 is 2.25 bits per heavy atom. The Balaban J connectivity index is 3.04. The minimum Gasteiger partial charge on any atom is -0.477 e. The number of hydrogen-bond acceptors (Lipinski definition) is 3. The molecule has 0 saturated heterocycles. The highest BCUT2D eigenvalue weighted by Gasteiger charge is 2.39. The van der Waals surface area contributed by atoms with Gasteiger partial charge in [-0.2, -0.15) is 13.2 Å². The number of H-pyrrole nitrogens is 2. The van der Waals surface area contributed by atoms with Crippen molar-refractivity contribution >= 4 is 17.7 Å². The number of hydrogen-bond donors (Lipinski definition) is 4. The molecule has 0 spiro atoms. The summed E-state index contributed by atoms with van der Waals surface area (Å²) in [4.78, 5) is 31.7. The van der Waals surface area contributed by atoms with Crippen LogP contribution in [0.25, 0.3) is 0 Å². The van der Waals surface area contributed by atoms with Gasteiger partial charge in [-0.1, -0.05) is 0 Å². The summed E-state index contributed by atoms with van der Waals surface area (Å²) < 4.78 is 35.4. The zero-order valence-corrected chi connectivity index (χ0v) is 7.31. The largest absolute Gasteiger partial charge is 0.477 e. The topological polar surface area (TPSA) is 115 Å². The zero-order chi connectivity index (χ0) is 12.5. The fourth-order valence-corrected chi connectivity index (χ4v) is 0.840. The van der Waals surface area contributed by atoms with Crippen LogP contribution in [0.2, 0.25) is 0 Å². The maximum absolute atomic E-state index is 11.8. The van der Waals surface area contributed by atoms with Gasteiger partial charge in [0.25, 0.3) is 5.56 Å². The van der Waals surface area contributed by atoms with Crippen molar-refractivity contribution < 1.29 is 27.9 Å². The van der Waals surface area contributed by atoms with Crippen molar-refractivity contribution in [2.24, 2.45) is 0 Å². The molecular weight excluding hydrogens is 235 g/mol. The van der Waals surface area contributed by atoms with E-state index >= 15 is 0 Å². The summed E-state index contributed by atoms with van der Waals surface area (Å²) >= 11 is 0. The van der Waals surface area contributed by atoms with Gasteiger partial charge in [-0.3, -0.25) is 19.8 Å². The summed E-state index contributed by atoms with van der Waals surface area (Å²) in [5.41, 5.74) is -2.15. The molecule has 4 N–H and O–H groups in total. The number of alkyl halides is 3. The molecule has 0 aromatic carbocycles. The summed E-state index contributed by atoms with van der Waals surface area (Å²) in [6, 6.07) is 0. The maximum Gasteiger partial charge on any atom is 0.471 e. The monoisotopic (exact) mass is 239 g/mol. The van der Waals surface area contributed by atoms with Gasteiger partial charge >= 0.3 is 18.1 Å². The molecule has 0 radical (unpaired) electrons. The Kier molecular flexibility index (Phi) is 2.74. The van der Waals surface area contributed by atoms with E-state index in [1.54, 1.807) is 5.10 Å². The molecule has 10 heteroatoms. The number of carbonyl (C=O) groups excluding carboxylic acids is 1. The molecule has 0 atom stereocenters. The minimum absolute atomic E-state index is 0.847. The van der Waals surface area contributed by atoms with Gasteiger partial charge in [-0.25, -0.2) is 4.79 Å². The number of anilines is 1. The van der Waals surface area contributed by atoms with Crippen LogP contribution in [0.1, 0.15) is 10.4 Å². The molecule has 1 heterocycles. The van der Waals surface area contributed by atoms with Crippen molar-refractivity contribution in [1.82, 2.24) is 10.2 Å². The molecular formula is C6H4F3N3O4. The Labute approximate surface area is 84.2 Å². The second-order valence-corrected chi connectivity index (χ2v) is 2.59. The number of halogens is 3. The Bertz CT molecular complexity index is 486. The lowest BCUT2D eigenvalue weighted by Gasteiger charge is -2.05. The van der Waals surface area contributed by atoms with Gasteiger partial charge in [0.1, 0.15) is 5.82 Å². The van der Waals surface area contributed by atoms with Crippen molar-refractivity contribution in [3.8, 4) is 0 Å². The van der Waals surface area contributed by atoms with Crippen LogP contribution in [0, 0.1) is 0 Å². The van der Waals surface area contributed by atoms with Crippen molar-refractivity contribution in [2.75, 3.05) is 5.32 Å². The highest BCUT2D eigenvalue weighted by Crippen LogP contribution is 2.17. The van der Waals surface area contributed by atoms with Crippen molar-refractivity contribution in [3.63, 3.8) is 0 Å². The fraction of sp³-hybridized carbons (Fsp3) is 0.167. The second kappa shape index (κ2) is 3.72. The van der Waals surface area contributed by atoms with E-state index in [0.29, 0.717) is 0 Å². The number of amides is 1. The van der Waals surface area contributed by atoms with Crippen molar-refractivity contribution in [3.05, 3.63) is 15.9 Å².